The third kappa shape index (κ3) is 4.50. The van der Waals surface area contributed by atoms with E-state index in [2.05, 4.69) is 6.92 Å². The van der Waals surface area contributed by atoms with Crippen molar-refractivity contribution in [2.24, 2.45) is 5.92 Å². The van der Waals surface area contributed by atoms with Gasteiger partial charge in [0.25, 0.3) is 0 Å². The lowest BCUT2D eigenvalue weighted by molar-refractivity contribution is -0.131. The van der Waals surface area contributed by atoms with Gasteiger partial charge in [-0.05, 0) is 55.4 Å². The molecule has 114 valence electrons. The van der Waals surface area contributed by atoms with E-state index in [1.54, 1.807) is 6.07 Å². The summed E-state index contributed by atoms with van der Waals surface area (Å²) in [5.41, 5.74) is 0.755. The average Bonchev–Trinajstić information content (AvgIpc) is 2.48. The molecule has 2 atom stereocenters. The van der Waals surface area contributed by atoms with Gasteiger partial charge in [-0.25, -0.2) is 4.79 Å². The van der Waals surface area contributed by atoms with Crippen LogP contribution in [0.1, 0.15) is 44.6 Å². The second-order valence-electron chi connectivity index (χ2n) is 5.47. The normalized spacial score (nSPS) is 22.4. The SMILES string of the molecule is CCC1CCCCC1Oc1ccc(C=CC(=O)O)cc1Cl. The number of hydrogen-bond acceptors (Lipinski definition) is 2. The van der Waals surface area contributed by atoms with Crippen LogP contribution in [0.2, 0.25) is 5.02 Å². The molecule has 1 aromatic carbocycles. The van der Waals surface area contributed by atoms with Gasteiger partial charge >= 0.3 is 5.97 Å². The van der Waals surface area contributed by atoms with Gasteiger partial charge in [-0.2, -0.15) is 0 Å². The number of carboxylic acids is 1. The van der Waals surface area contributed by atoms with Crippen LogP contribution >= 0.6 is 11.6 Å². The van der Waals surface area contributed by atoms with Crippen LogP contribution in [-0.4, -0.2) is 17.2 Å². The lowest BCUT2D eigenvalue weighted by atomic mass is 9.85. The van der Waals surface area contributed by atoms with Gasteiger partial charge in [0, 0.05) is 6.08 Å². The molecule has 2 unspecified atom stereocenters. The van der Waals surface area contributed by atoms with E-state index >= 15 is 0 Å². The molecular weight excluding hydrogens is 288 g/mol. The summed E-state index contributed by atoms with van der Waals surface area (Å²) in [6, 6.07) is 5.38. The first kappa shape index (κ1) is 15.9. The van der Waals surface area contributed by atoms with Crippen LogP contribution in [0, 0.1) is 5.92 Å². The van der Waals surface area contributed by atoms with Crippen LogP contribution in [-0.2, 0) is 4.79 Å². The van der Waals surface area contributed by atoms with Crippen LogP contribution in [0.4, 0.5) is 0 Å². The van der Waals surface area contributed by atoms with Crippen molar-refractivity contribution in [1.82, 2.24) is 0 Å². The summed E-state index contributed by atoms with van der Waals surface area (Å²) in [4.78, 5) is 10.5. The molecule has 0 spiro atoms. The standard InChI is InChI=1S/C17H21ClO3/c1-2-13-5-3-4-6-15(13)21-16-9-7-12(11-14(16)18)8-10-17(19)20/h7-11,13,15H,2-6H2,1H3,(H,19,20). The summed E-state index contributed by atoms with van der Waals surface area (Å²) in [5, 5.41) is 9.16. The number of rotatable bonds is 5. The molecule has 3 nitrogen and oxygen atoms in total. The lowest BCUT2D eigenvalue weighted by Gasteiger charge is -2.31. The van der Waals surface area contributed by atoms with E-state index in [4.69, 9.17) is 21.4 Å². The summed E-state index contributed by atoms with van der Waals surface area (Å²) in [5.74, 6) is 0.315. The molecule has 1 aliphatic rings. The van der Waals surface area contributed by atoms with Crippen molar-refractivity contribution in [1.29, 1.82) is 0 Å². The van der Waals surface area contributed by atoms with E-state index in [1.165, 1.54) is 25.3 Å². The first-order chi connectivity index (χ1) is 10.1. The molecule has 0 amide bonds. The molecule has 1 aromatic rings. The van der Waals surface area contributed by atoms with E-state index in [0.717, 1.165) is 24.5 Å². The highest BCUT2D eigenvalue weighted by Crippen LogP contribution is 2.33. The van der Waals surface area contributed by atoms with E-state index in [0.29, 0.717) is 16.7 Å². The topological polar surface area (TPSA) is 46.5 Å². The van der Waals surface area contributed by atoms with Gasteiger partial charge in [-0.3, -0.25) is 0 Å². The minimum atomic E-state index is -0.973. The molecule has 0 radical (unpaired) electrons. The zero-order valence-electron chi connectivity index (χ0n) is 12.2. The van der Waals surface area contributed by atoms with Gasteiger partial charge in [0.05, 0.1) is 5.02 Å². The van der Waals surface area contributed by atoms with Gasteiger partial charge in [0.15, 0.2) is 0 Å². The van der Waals surface area contributed by atoms with Gasteiger partial charge < -0.3 is 9.84 Å². The van der Waals surface area contributed by atoms with Crippen LogP contribution in [0.3, 0.4) is 0 Å². The van der Waals surface area contributed by atoms with Gasteiger partial charge in [-0.1, -0.05) is 31.0 Å². The maximum atomic E-state index is 10.5. The first-order valence-electron chi connectivity index (χ1n) is 7.47. The molecule has 1 saturated carbocycles. The van der Waals surface area contributed by atoms with Gasteiger partial charge in [-0.15, -0.1) is 0 Å². The van der Waals surface area contributed by atoms with Crippen molar-refractivity contribution in [2.75, 3.05) is 0 Å². The van der Waals surface area contributed by atoms with Crippen LogP contribution in [0.25, 0.3) is 6.08 Å². The number of aliphatic carboxylic acids is 1. The zero-order valence-corrected chi connectivity index (χ0v) is 13.0. The number of carboxylic acid groups (broad SMARTS) is 1. The van der Waals surface area contributed by atoms with E-state index in [9.17, 15) is 4.79 Å². The fraction of sp³-hybridized carbons (Fsp3) is 0.471. The largest absolute Gasteiger partial charge is 0.489 e. The molecule has 2 rings (SSSR count). The van der Waals surface area contributed by atoms with E-state index < -0.39 is 5.97 Å². The molecule has 0 heterocycles. The molecule has 1 aliphatic carbocycles. The number of benzene rings is 1. The highest BCUT2D eigenvalue weighted by Gasteiger charge is 2.25. The third-order valence-corrected chi connectivity index (χ3v) is 4.31. The summed E-state index contributed by atoms with van der Waals surface area (Å²) in [6.07, 6.45) is 8.77. The van der Waals surface area contributed by atoms with Crippen molar-refractivity contribution in [3.8, 4) is 5.75 Å². The Balaban J connectivity index is 2.08. The monoisotopic (exact) mass is 308 g/mol. The van der Waals surface area contributed by atoms with Gasteiger partial charge in [0.1, 0.15) is 11.9 Å². The molecule has 0 aliphatic heterocycles. The molecule has 4 heteroatoms. The Kier molecular flexibility index (Phi) is 5.68. The molecule has 0 aromatic heterocycles. The maximum Gasteiger partial charge on any atom is 0.328 e. The van der Waals surface area contributed by atoms with Crippen molar-refractivity contribution < 1.29 is 14.6 Å². The maximum absolute atomic E-state index is 10.5. The number of hydrogen-bond donors (Lipinski definition) is 1. The first-order valence-corrected chi connectivity index (χ1v) is 7.85. The minimum Gasteiger partial charge on any atom is -0.489 e. The van der Waals surface area contributed by atoms with Crippen LogP contribution in [0.15, 0.2) is 24.3 Å². The Morgan fingerprint density at radius 1 is 1.43 bits per heavy atom. The minimum absolute atomic E-state index is 0.238. The van der Waals surface area contributed by atoms with E-state index in [-0.39, 0.29) is 6.10 Å². The summed E-state index contributed by atoms with van der Waals surface area (Å²) in [6.45, 7) is 2.20. The second-order valence-corrected chi connectivity index (χ2v) is 5.88. The fourth-order valence-electron chi connectivity index (χ4n) is 2.84. The van der Waals surface area contributed by atoms with Gasteiger partial charge in [0.2, 0.25) is 0 Å². The summed E-state index contributed by atoms with van der Waals surface area (Å²) in [7, 11) is 0. The van der Waals surface area contributed by atoms with Crippen LogP contribution < -0.4 is 4.74 Å². The lowest BCUT2D eigenvalue weighted by Crippen LogP contribution is -2.29. The molecule has 21 heavy (non-hydrogen) atoms. The van der Waals surface area contributed by atoms with Crippen LogP contribution in [0.5, 0.6) is 5.75 Å². The molecule has 0 bridgehead atoms. The molecule has 1 N–H and O–H groups in total. The Hall–Kier alpha value is -1.48. The number of carbonyl (C=O) groups is 1. The fourth-order valence-corrected chi connectivity index (χ4v) is 3.08. The Labute approximate surface area is 130 Å². The highest BCUT2D eigenvalue weighted by molar-refractivity contribution is 6.32. The third-order valence-electron chi connectivity index (χ3n) is 4.02. The van der Waals surface area contributed by atoms with Crippen molar-refractivity contribution >= 4 is 23.6 Å². The predicted molar refractivity (Wildman–Crippen MR) is 84.8 cm³/mol. The quantitative estimate of drug-likeness (QED) is 0.796. The molecule has 0 saturated heterocycles. The summed E-state index contributed by atoms with van der Waals surface area (Å²) >= 11 is 6.25. The summed E-state index contributed by atoms with van der Waals surface area (Å²) < 4.78 is 6.10. The van der Waals surface area contributed by atoms with Crippen molar-refractivity contribution in [2.45, 2.75) is 45.1 Å². The van der Waals surface area contributed by atoms with Crippen molar-refractivity contribution in [3.63, 3.8) is 0 Å². The zero-order chi connectivity index (χ0) is 15.2. The Morgan fingerprint density at radius 3 is 2.86 bits per heavy atom. The number of halogens is 1. The predicted octanol–water partition coefficient (Wildman–Crippen LogP) is 4.79. The highest BCUT2D eigenvalue weighted by atomic mass is 35.5. The Bertz CT molecular complexity index is 525. The smallest absolute Gasteiger partial charge is 0.328 e. The molecule has 1 fully saturated rings. The average molecular weight is 309 g/mol. The van der Waals surface area contributed by atoms with Crippen molar-refractivity contribution in [3.05, 3.63) is 34.9 Å². The molecular formula is C17H21ClO3. The van der Waals surface area contributed by atoms with E-state index in [1.807, 2.05) is 12.1 Å². The Morgan fingerprint density at radius 2 is 2.19 bits per heavy atom. The second kappa shape index (κ2) is 7.51. The number of ether oxygens (including phenoxy) is 1.